The minimum Gasteiger partial charge on any atom is -0.457 e. The summed E-state index contributed by atoms with van der Waals surface area (Å²) in [4.78, 5) is 21.7. The van der Waals surface area contributed by atoms with Gasteiger partial charge < -0.3 is 20.1 Å². The van der Waals surface area contributed by atoms with Crippen molar-refractivity contribution in [3.05, 3.63) is 48.6 Å². The predicted molar refractivity (Wildman–Crippen MR) is 159 cm³/mol. The molecule has 0 spiro atoms. The summed E-state index contributed by atoms with van der Waals surface area (Å²) in [5.41, 5.74) is 5.28. The number of carbonyl (C=O) groups excluding carboxylic acids is 1. The number of phosphoric acid groups is 1. The van der Waals surface area contributed by atoms with Crippen LogP contribution in [0.2, 0.25) is 0 Å². The maximum Gasteiger partial charge on any atom is 0.472 e. The van der Waals surface area contributed by atoms with Crippen LogP contribution in [0.15, 0.2) is 48.6 Å². The first kappa shape index (κ1) is 37.5. The molecule has 0 fully saturated rings. The molecule has 0 radical (unpaired) electrons. The van der Waals surface area contributed by atoms with Crippen molar-refractivity contribution < 1.29 is 32.8 Å². The van der Waals surface area contributed by atoms with Crippen molar-refractivity contribution >= 4 is 13.8 Å². The summed E-state index contributed by atoms with van der Waals surface area (Å²) >= 11 is 0. The number of ether oxygens (including phenoxy) is 2. The lowest BCUT2D eigenvalue weighted by atomic mass is 10.1. The van der Waals surface area contributed by atoms with Gasteiger partial charge in [0.15, 0.2) is 0 Å². The zero-order valence-electron chi connectivity index (χ0n) is 24.3. The molecule has 2 unspecified atom stereocenters. The highest BCUT2D eigenvalue weighted by Crippen LogP contribution is 2.43. The van der Waals surface area contributed by atoms with Crippen LogP contribution in [0.3, 0.4) is 0 Å². The fourth-order valence-electron chi connectivity index (χ4n) is 3.37. The van der Waals surface area contributed by atoms with Crippen LogP contribution in [-0.4, -0.2) is 49.9 Å². The number of carbonyl (C=O) groups is 1. The molecule has 8 nitrogen and oxygen atoms in total. The van der Waals surface area contributed by atoms with Crippen molar-refractivity contribution in [1.29, 1.82) is 0 Å². The lowest BCUT2D eigenvalue weighted by molar-refractivity contribution is -0.154. The Kier molecular flexibility index (Phi) is 26.9. The van der Waals surface area contributed by atoms with E-state index in [1.165, 1.54) is 12.8 Å². The SMILES string of the molecule is CC/C=C\C/C=C\C/C=C\C/C=C\CCCCCCCOCC(COP(=O)(O)OCCN)OC(=O)CCCC. The minimum absolute atomic E-state index is 0.0941. The molecular formula is C30H54NO7P. The average Bonchev–Trinajstić information content (AvgIpc) is 2.92. The smallest absolute Gasteiger partial charge is 0.457 e. The molecule has 0 saturated carbocycles. The van der Waals surface area contributed by atoms with Crippen LogP contribution in [0.1, 0.15) is 97.3 Å². The number of hydrogen-bond acceptors (Lipinski definition) is 7. The number of unbranched alkanes of at least 4 members (excludes halogenated alkanes) is 6. The number of nitrogens with two attached hydrogens (primary N) is 1. The number of phosphoric ester groups is 1. The predicted octanol–water partition coefficient (Wildman–Crippen LogP) is 7.34. The Morgan fingerprint density at radius 2 is 1.41 bits per heavy atom. The van der Waals surface area contributed by atoms with E-state index in [0.29, 0.717) is 13.0 Å². The third kappa shape index (κ3) is 27.8. The van der Waals surface area contributed by atoms with Crippen LogP contribution in [0, 0.1) is 0 Å². The summed E-state index contributed by atoms with van der Waals surface area (Å²) in [5.74, 6) is -0.377. The Bertz CT molecular complexity index is 737. The second kappa shape index (κ2) is 28.0. The van der Waals surface area contributed by atoms with Gasteiger partial charge in [-0.05, 0) is 51.4 Å². The fraction of sp³-hybridized carbons (Fsp3) is 0.700. The molecular weight excluding hydrogens is 517 g/mol. The highest BCUT2D eigenvalue weighted by atomic mass is 31.2. The van der Waals surface area contributed by atoms with E-state index in [4.69, 9.17) is 24.3 Å². The molecule has 0 amide bonds. The van der Waals surface area contributed by atoms with Gasteiger partial charge in [0, 0.05) is 19.6 Å². The zero-order chi connectivity index (χ0) is 28.9. The Hall–Kier alpha value is -1.54. The van der Waals surface area contributed by atoms with Crippen molar-refractivity contribution in [1.82, 2.24) is 0 Å². The van der Waals surface area contributed by atoms with Gasteiger partial charge >= 0.3 is 13.8 Å². The molecule has 2 atom stereocenters. The van der Waals surface area contributed by atoms with Gasteiger partial charge in [0.2, 0.25) is 0 Å². The van der Waals surface area contributed by atoms with E-state index in [1.807, 2.05) is 6.92 Å². The lowest BCUT2D eigenvalue weighted by Gasteiger charge is -2.20. The highest BCUT2D eigenvalue weighted by Gasteiger charge is 2.25. The topological polar surface area (TPSA) is 117 Å². The maximum absolute atomic E-state index is 12.0. The number of allylic oxidation sites excluding steroid dienone is 8. The highest BCUT2D eigenvalue weighted by molar-refractivity contribution is 7.47. The molecule has 0 rings (SSSR count). The molecule has 226 valence electrons. The minimum atomic E-state index is -4.25. The molecule has 0 aliphatic heterocycles. The molecule has 0 aromatic carbocycles. The summed E-state index contributed by atoms with van der Waals surface area (Å²) < 4.78 is 32.6. The van der Waals surface area contributed by atoms with Crippen LogP contribution in [0.25, 0.3) is 0 Å². The van der Waals surface area contributed by atoms with Crippen molar-refractivity contribution in [3.63, 3.8) is 0 Å². The van der Waals surface area contributed by atoms with E-state index >= 15 is 0 Å². The van der Waals surface area contributed by atoms with Gasteiger partial charge in [-0.15, -0.1) is 0 Å². The Morgan fingerprint density at radius 3 is 2.05 bits per heavy atom. The molecule has 9 heteroatoms. The van der Waals surface area contributed by atoms with Crippen molar-refractivity contribution in [2.75, 3.05) is 33.0 Å². The summed E-state index contributed by atoms with van der Waals surface area (Å²) in [7, 11) is -4.25. The van der Waals surface area contributed by atoms with Gasteiger partial charge in [-0.1, -0.05) is 88.1 Å². The van der Waals surface area contributed by atoms with Gasteiger partial charge in [-0.2, -0.15) is 0 Å². The van der Waals surface area contributed by atoms with Crippen molar-refractivity contribution in [2.24, 2.45) is 5.73 Å². The van der Waals surface area contributed by atoms with Gasteiger partial charge in [-0.3, -0.25) is 13.8 Å². The van der Waals surface area contributed by atoms with Gasteiger partial charge in [0.1, 0.15) is 6.10 Å². The molecule has 0 saturated heterocycles. The first-order valence-electron chi connectivity index (χ1n) is 14.6. The Balaban J connectivity index is 3.94. The number of rotatable bonds is 27. The van der Waals surface area contributed by atoms with Crippen LogP contribution < -0.4 is 5.73 Å². The summed E-state index contributed by atoms with van der Waals surface area (Å²) in [5, 5.41) is 0. The molecule has 0 aromatic heterocycles. The first-order valence-corrected chi connectivity index (χ1v) is 16.1. The molecule has 0 aliphatic carbocycles. The van der Waals surface area contributed by atoms with E-state index in [2.05, 4.69) is 55.5 Å². The molecule has 0 heterocycles. The maximum atomic E-state index is 12.0. The van der Waals surface area contributed by atoms with E-state index in [0.717, 1.165) is 57.8 Å². The quantitative estimate of drug-likeness (QED) is 0.0455. The standard InChI is InChI=1S/C30H54NO7P/c1-3-5-7-8-9-10-11-12-13-14-15-16-17-18-19-20-21-22-25-35-27-29(38-30(32)23-6-4-2)28-37-39(33,34)36-26-24-31/h5,7,9-10,12-13,15-16,29H,3-4,6,8,11,14,17-28,31H2,1-2H3,(H,33,34)/b7-5-,10-9-,13-12-,16-15-. The third-order valence-corrected chi connectivity index (χ3v) is 6.49. The monoisotopic (exact) mass is 571 g/mol. The van der Waals surface area contributed by atoms with E-state index in [9.17, 15) is 14.3 Å². The third-order valence-electron chi connectivity index (χ3n) is 5.51. The van der Waals surface area contributed by atoms with Crippen LogP contribution >= 0.6 is 7.82 Å². The van der Waals surface area contributed by atoms with Crippen molar-refractivity contribution in [2.45, 2.75) is 103 Å². The Labute approximate surface area is 237 Å². The summed E-state index contributed by atoms with van der Waals surface area (Å²) in [6.07, 6.45) is 29.5. The average molecular weight is 572 g/mol. The summed E-state index contributed by atoms with van der Waals surface area (Å²) in [6, 6.07) is 0. The molecule has 0 aliphatic rings. The van der Waals surface area contributed by atoms with Gasteiger partial charge in [0.05, 0.1) is 19.8 Å². The molecule has 0 aromatic rings. The fourth-order valence-corrected chi connectivity index (χ4v) is 4.14. The second-order valence-corrected chi connectivity index (χ2v) is 10.7. The van der Waals surface area contributed by atoms with Gasteiger partial charge in [0.25, 0.3) is 0 Å². The van der Waals surface area contributed by atoms with E-state index < -0.39 is 13.9 Å². The zero-order valence-corrected chi connectivity index (χ0v) is 25.2. The molecule has 3 N–H and O–H groups in total. The largest absolute Gasteiger partial charge is 0.472 e. The van der Waals surface area contributed by atoms with E-state index in [1.54, 1.807) is 0 Å². The second-order valence-electron chi connectivity index (χ2n) is 9.23. The number of esters is 1. The van der Waals surface area contributed by atoms with Crippen LogP contribution in [-0.2, 0) is 27.9 Å². The Morgan fingerprint density at radius 1 is 0.795 bits per heavy atom. The summed E-state index contributed by atoms with van der Waals surface area (Å²) in [6.45, 7) is 4.46. The normalized spacial score (nSPS) is 14.7. The van der Waals surface area contributed by atoms with Crippen LogP contribution in [0.4, 0.5) is 0 Å². The van der Waals surface area contributed by atoms with E-state index in [-0.39, 0.29) is 38.8 Å². The number of hydrogen-bond donors (Lipinski definition) is 2. The van der Waals surface area contributed by atoms with Gasteiger partial charge in [-0.25, -0.2) is 4.57 Å². The lowest BCUT2D eigenvalue weighted by Crippen LogP contribution is -2.28. The first-order chi connectivity index (χ1) is 18.9. The van der Waals surface area contributed by atoms with Crippen molar-refractivity contribution in [3.8, 4) is 0 Å². The molecule has 0 bridgehead atoms. The molecule has 39 heavy (non-hydrogen) atoms. The van der Waals surface area contributed by atoms with Crippen LogP contribution in [0.5, 0.6) is 0 Å².